The van der Waals surface area contributed by atoms with Crippen molar-refractivity contribution in [2.24, 2.45) is 5.73 Å². The molecule has 0 aliphatic rings. The summed E-state index contributed by atoms with van der Waals surface area (Å²) in [6.45, 7) is 4.01. The van der Waals surface area contributed by atoms with Crippen LogP contribution in [0.1, 0.15) is 23.8 Å². The largest absolute Gasteiger partial charge is 0.351 e. The van der Waals surface area contributed by atoms with Crippen LogP contribution in [0.5, 0.6) is 0 Å². The Morgan fingerprint density at radius 1 is 1.62 bits per heavy atom. The molecule has 0 radical (unpaired) electrons. The Bertz CT molecular complexity index is 341. The summed E-state index contributed by atoms with van der Waals surface area (Å²) < 4.78 is 2.83. The number of nitrogens with zero attached hydrogens (tertiary/aromatic N) is 1. The first-order chi connectivity index (χ1) is 7.19. The van der Waals surface area contributed by atoms with Crippen LogP contribution in [0.15, 0.2) is 16.7 Å². The molecule has 0 fully saturated rings. The second-order valence-corrected chi connectivity index (χ2v) is 4.14. The number of carbonyl (C=O) groups is 1. The summed E-state index contributed by atoms with van der Waals surface area (Å²) in [5.74, 6) is -0.0454. The van der Waals surface area contributed by atoms with Crippen LogP contribution in [0.2, 0.25) is 0 Å². The van der Waals surface area contributed by atoms with Crippen molar-refractivity contribution < 1.29 is 4.79 Å². The summed E-state index contributed by atoms with van der Waals surface area (Å²) in [7, 11) is 0. The molecule has 0 atom stereocenters. The molecule has 0 bridgehead atoms. The molecule has 1 rings (SSSR count). The van der Waals surface area contributed by atoms with Crippen molar-refractivity contribution >= 4 is 34.2 Å². The Hall–Kier alpha value is -0.520. The average Bonchev–Trinajstić information content (AvgIpc) is 2.60. The summed E-state index contributed by atoms with van der Waals surface area (Å²) in [5, 5.41) is 2.83. The van der Waals surface area contributed by atoms with Crippen molar-refractivity contribution in [1.29, 1.82) is 0 Å². The van der Waals surface area contributed by atoms with Gasteiger partial charge in [-0.15, -0.1) is 12.4 Å². The van der Waals surface area contributed by atoms with E-state index in [1.807, 2.05) is 23.8 Å². The van der Waals surface area contributed by atoms with E-state index < -0.39 is 0 Å². The first-order valence-corrected chi connectivity index (χ1v) is 5.82. The third-order valence-corrected chi connectivity index (χ3v) is 2.54. The number of amides is 1. The highest BCUT2D eigenvalue weighted by Gasteiger charge is 2.10. The maximum atomic E-state index is 11.7. The molecular weight excluding hydrogens is 293 g/mol. The summed E-state index contributed by atoms with van der Waals surface area (Å²) >= 11 is 3.35. The number of nitrogens with one attached hydrogen (secondary N) is 1. The van der Waals surface area contributed by atoms with Gasteiger partial charge in [0.1, 0.15) is 5.69 Å². The lowest BCUT2D eigenvalue weighted by molar-refractivity contribution is 0.0944. The second kappa shape index (κ2) is 7.70. The molecule has 4 nitrogen and oxygen atoms in total. The molecule has 3 N–H and O–H groups in total. The number of hydrogen-bond acceptors (Lipinski definition) is 2. The van der Waals surface area contributed by atoms with E-state index in [1.54, 1.807) is 0 Å². The molecule has 0 unspecified atom stereocenters. The summed E-state index contributed by atoms with van der Waals surface area (Å²) in [5.41, 5.74) is 6.03. The molecule has 0 aromatic carbocycles. The van der Waals surface area contributed by atoms with Crippen LogP contribution in [0, 0.1) is 0 Å². The lowest BCUT2D eigenvalue weighted by atomic mass is 10.3. The van der Waals surface area contributed by atoms with E-state index in [0.29, 0.717) is 18.8 Å². The smallest absolute Gasteiger partial charge is 0.267 e. The number of hydrogen-bond donors (Lipinski definition) is 2. The van der Waals surface area contributed by atoms with E-state index in [0.717, 1.165) is 17.4 Å². The maximum Gasteiger partial charge on any atom is 0.267 e. The first-order valence-electron chi connectivity index (χ1n) is 5.03. The van der Waals surface area contributed by atoms with Crippen LogP contribution in [-0.4, -0.2) is 23.6 Å². The second-order valence-electron chi connectivity index (χ2n) is 3.23. The molecule has 1 heterocycles. The lowest BCUT2D eigenvalue weighted by Gasteiger charge is -2.06. The lowest BCUT2D eigenvalue weighted by Crippen LogP contribution is -2.27. The Morgan fingerprint density at radius 2 is 2.31 bits per heavy atom. The van der Waals surface area contributed by atoms with E-state index in [4.69, 9.17) is 5.73 Å². The predicted molar refractivity (Wildman–Crippen MR) is 71.1 cm³/mol. The van der Waals surface area contributed by atoms with Crippen LogP contribution < -0.4 is 11.1 Å². The highest BCUT2D eigenvalue weighted by molar-refractivity contribution is 9.10. The molecular formula is C10H17BrClN3O. The molecule has 0 aliphatic carbocycles. The van der Waals surface area contributed by atoms with Gasteiger partial charge in [0.25, 0.3) is 5.91 Å². The minimum absolute atomic E-state index is 0. The zero-order valence-corrected chi connectivity index (χ0v) is 11.6. The van der Waals surface area contributed by atoms with Crippen LogP contribution >= 0.6 is 28.3 Å². The van der Waals surface area contributed by atoms with Gasteiger partial charge in [-0.05, 0) is 41.9 Å². The molecule has 6 heteroatoms. The van der Waals surface area contributed by atoms with Crippen LogP contribution in [0.3, 0.4) is 0 Å². The van der Waals surface area contributed by atoms with E-state index >= 15 is 0 Å². The Labute approximate surface area is 110 Å². The van der Waals surface area contributed by atoms with E-state index in [2.05, 4.69) is 21.2 Å². The van der Waals surface area contributed by atoms with Crippen LogP contribution in [-0.2, 0) is 6.54 Å². The van der Waals surface area contributed by atoms with Gasteiger partial charge in [0.2, 0.25) is 0 Å². The van der Waals surface area contributed by atoms with Crippen LogP contribution in [0.25, 0.3) is 0 Å². The molecule has 1 aromatic heterocycles. The predicted octanol–water partition coefficient (Wildman–Crippen LogP) is 1.77. The standard InChI is InChI=1S/C10H16BrN3O.ClH/c1-2-14-7-8(11)6-9(14)10(15)13-5-3-4-12;/h6-7H,2-5,12H2,1H3,(H,13,15);1H. The molecule has 16 heavy (non-hydrogen) atoms. The monoisotopic (exact) mass is 309 g/mol. The molecule has 92 valence electrons. The number of halogens is 2. The highest BCUT2D eigenvalue weighted by Crippen LogP contribution is 2.14. The van der Waals surface area contributed by atoms with Gasteiger partial charge in [-0.2, -0.15) is 0 Å². The van der Waals surface area contributed by atoms with E-state index in [-0.39, 0.29) is 18.3 Å². The topological polar surface area (TPSA) is 60.0 Å². The SMILES string of the molecule is CCn1cc(Br)cc1C(=O)NCCCN.Cl. The van der Waals surface area contributed by atoms with Gasteiger partial charge in [-0.1, -0.05) is 0 Å². The van der Waals surface area contributed by atoms with Gasteiger partial charge in [0.15, 0.2) is 0 Å². The quantitative estimate of drug-likeness (QED) is 0.814. The maximum absolute atomic E-state index is 11.7. The highest BCUT2D eigenvalue weighted by atomic mass is 79.9. The molecule has 1 amide bonds. The fraction of sp³-hybridized carbons (Fsp3) is 0.500. The number of aromatic nitrogens is 1. The van der Waals surface area contributed by atoms with Gasteiger partial charge < -0.3 is 15.6 Å². The third kappa shape index (κ3) is 4.15. The minimum atomic E-state index is -0.0454. The summed E-state index contributed by atoms with van der Waals surface area (Å²) in [4.78, 5) is 11.7. The number of carbonyl (C=O) groups excluding carboxylic acids is 1. The number of rotatable bonds is 5. The van der Waals surface area contributed by atoms with Gasteiger partial charge in [-0.3, -0.25) is 4.79 Å². The van der Waals surface area contributed by atoms with Gasteiger partial charge in [0.05, 0.1) is 0 Å². The fourth-order valence-corrected chi connectivity index (χ4v) is 1.79. The number of aryl methyl sites for hydroxylation is 1. The van der Waals surface area contributed by atoms with Crippen molar-refractivity contribution in [3.05, 3.63) is 22.4 Å². The zero-order chi connectivity index (χ0) is 11.3. The van der Waals surface area contributed by atoms with Crippen molar-refractivity contribution in [1.82, 2.24) is 9.88 Å². The Kier molecular flexibility index (Phi) is 7.45. The fourth-order valence-electron chi connectivity index (χ4n) is 1.32. The van der Waals surface area contributed by atoms with Gasteiger partial charge in [-0.25, -0.2) is 0 Å². The van der Waals surface area contributed by atoms with Crippen molar-refractivity contribution in [3.63, 3.8) is 0 Å². The summed E-state index contributed by atoms with van der Waals surface area (Å²) in [6.07, 6.45) is 2.71. The molecule has 0 saturated carbocycles. The molecule has 1 aromatic rings. The number of nitrogens with two attached hydrogens (primary N) is 1. The Balaban J connectivity index is 0.00000225. The van der Waals surface area contributed by atoms with Crippen molar-refractivity contribution in [2.45, 2.75) is 19.9 Å². The zero-order valence-electron chi connectivity index (χ0n) is 9.20. The van der Waals surface area contributed by atoms with Crippen LogP contribution in [0.4, 0.5) is 0 Å². The first kappa shape index (κ1) is 15.5. The normalized spacial score (nSPS) is 9.69. The van der Waals surface area contributed by atoms with E-state index in [9.17, 15) is 4.79 Å². The molecule has 0 saturated heterocycles. The Morgan fingerprint density at radius 3 is 2.88 bits per heavy atom. The average molecular weight is 311 g/mol. The summed E-state index contributed by atoms with van der Waals surface area (Å²) in [6, 6.07) is 1.82. The van der Waals surface area contributed by atoms with Crippen molar-refractivity contribution in [3.8, 4) is 0 Å². The van der Waals surface area contributed by atoms with Crippen molar-refractivity contribution in [2.75, 3.05) is 13.1 Å². The third-order valence-electron chi connectivity index (χ3n) is 2.10. The van der Waals surface area contributed by atoms with Gasteiger partial charge >= 0.3 is 0 Å². The molecule has 0 spiro atoms. The minimum Gasteiger partial charge on any atom is -0.351 e. The van der Waals surface area contributed by atoms with Gasteiger partial charge in [0, 0.05) is 23.8 Å². The molecule has 0 aliphatic heterocycles. The van der Waals surface area contributed by atoms with E-state index in [1.165, 1.54) is 0 Å².